The molecule has 0 bridgehead atoms. The fourth-order valence-corrected chi connectivity index (χ4v) is 2.10. The van der Waals surface area contributed by atoms with Crippen LogP contribution in [0.4, 0.5) is 0 Å². The lowest BCUT2D eigenvalue weighted by atomic mass is 9.98. The van der Waals surface area contributed by atoms with Crippen molar-refractivity contribution in [3.8, 4) is 0 Å². The van der Waals surface area contributed by atoms with Crippen molar-refractivity contribution in [1.29, 1.82) is 0 Å². The third-order valence-corrected chi connectivity index (χ3v) is 3.38. The Kier molecular flexibility index (Phi) is 12.1. The molecule has 0 saturated heterocycles. The van der Waals surface area contributed by atoms with Crippen molar-refractivity contribution in [2.45, 2.75) is 71.6 Å². The normalized spacial score (nSPS) is 12.1. The summed E-state index contributed by atoms with van der Waals surface area (Å²) >= 11 is 0. The summed E-state index contributed by atoms with van der Waals surface area (Å²) in [5.41, 5.74) is 0. The zero-order valence-corrected chi connectivity index (χ0v) is 12.2. The second-order valence-electron chi connectivity index (χ2n) is 5.01. The number of esters is 1. The molecule has 0 N–H and O–H groups in total. The van der Waals surface area contributed by atoms with E-state index in [4.69, 9.17) is 4.74 Å². The Labute approximate surface area is 113 Å². The van der Waals surface area contributed by atoms with Gasteiger partial charge >= 0.3 is 5.97 Å². The van der Waals surface area contributed by atoms with Crippen molar-refractivity contribution < 1.29 is 9.53 Å². The van der Waals surface area contributed by atoms with E-state index in [9.17, 15) is 4.79 Å². The van der Waals surface area contributed by atoms with Crippen molar-refractivity contribution in [3.05, 3.63) is 12.7 Å². The maximum Gasteiger partial charge on any atom is 0.302 e. The molecule has 0 aromatic carbocycles. The van der Waals surface area contributed by atoms with Gasteiger partial charge in [0.2, 0.25) is 0 Å². The predicted molar refractivity (Wildman–Crippen MR) is 77.5 cm³/mol. The van der Waals surface area contributed by atoms with Crippen LogP contribution in [0, 0.1) is 5.92 Å². The first-order valence-corrected chi connectivity index (χ1v) is 7.46. The molecule has 0 amide bonds. The van der Waals surface area contributed by atoms with Crippen molar-refractivity contribution in [3.63, 3.8) is 0 Å². The molecule has 0 aliphatic rings. The van der Waals surface area contributed by atoms with Gasteiger partial charge in [-0.1, -0.05) is 51.5 Å². The summed E-state index contributed by atoms with van der Waals surface area (Å²) in [5, 5.41) is 0. The van der Waals surface area contributed by atoms with Crippen molar-refractivity contribution in [2.24, 2.45) is 5.92 Å². The van der Waals surface area contributed by atoms with Crippen LogP contribution in [0.25, 0.3) is 0 Å². The smallest absolute Gasteiger partial charge is 0.302 e. The number of carbonyl (C=O) groups is 1. The number of ether oxygens (including phenoxy) is 1. The van der Waals surface area contributed by atoms with Crippen LogP contribution in [-0.4, -0.2) is 12.6 Å². The Balaban J connectivity index is 3.11. The SMILES string of the molecule is C=CC(CC)CCCCCCCCCOC(C)=O. The summed E-state index contributed by atoms with van der Waals surface area (Å²) in [7, 11) is 0. The summed E-state index contributed by atoms with van der Waals surface area (Å²) in [6.07, 6.45) is 13.4. The van der Waals surface area contributed by atoms with E-state index >= 15 is 0 Å². The molecule has 0 spiro atoms. The lowest BCUT2D eigenvalue weighted by molar-refractivity contribution is -0.141. The average Bonchev–Trinajstić information content (AvgIpc) is 2.36. The average molecular weight is 254 g/mol. The molecule has 0 heterocycles. The number of rotatable bonds is 12. The van der Waals surface area contributed by atoms with Gasteiger partial charge in [-0.25, -0.2) is 0 Å². The quantitative estimate of drug-likeness (QED) is 0.282. The largest absolute Gasteiger partial charge is 0.466 e. The van der Waals surface area contributed by atoms with Crippen LogP contribution in [0.1, 0.15) is 71.6 Å². The van der Waals surface area contributed by atoms with Gasteiger partial charge < -0.3 is 4.74 Å². The van der Waals surface area contributed by atoms with Crippen molar-refractivity contribution in [2.75, 3.05) is 6.61 Å². The van der Waals surface area contributed by atoms with Crippen molar-refractivity contribution >= 4 is 5.97 Å². The zero-order valence-electron chi connectivity index (χ0n) is 12.2. The molecule has 0 aromatic heterocycles. The summed E-state index contributed by atoms with van der Waals surface area (Å²) in [4.78, 5) is 10.5. The Hall–Kier alpha value is -0.790. The topological polar surface area (TPSA) is 26.3 Å². The van der Waals surface area contributed by atoms with Crippen LogP contribution in [0.3, 0.4) is 0 Å². The van der Waals surface area contributed by atoms with E-state index in [-0.39, 0.29) is 5.97 Å². The molecule has 0 aliphatic heterocycles. The molecule has 0 aliphatic carbocycles. The molecule has 0 fully saturated rings. The van der Waals surface area contributed by atoms with E-state index in [0.29, 0.717) is 12.5 Å². The van der Waals surface area contributed by atoms with E-state index in [1.807, 2.05) is 0 Å². The predicted octanol–water partition coefficient (Wildman–Crippen LogP) is 4.88. The fraction of sp³-hybridized carbons (Fsp3) is 0.812. The Morgan fingerprint density at radius 1 is 1.11 bits per heavy atom. The molecule has 0 aromatic rings. The summed E-state index contributed by atoms with van der Waals surface area (Å²) in [5.74, 6) is 0.552. The second-order valence-corrected chi connectivity index (χ2v) is 5.01. The van der Waals surface area contributed by atoms with Crippen LogP contribution in [-0.2, 0) is 9.53 Å². The van der Waals surface area contributed by atoms with E-state index in [2.05, 4.69) is 19.6 Å². The number of carbonyl (C=O) groups excluding carboxylic acids is 1. The van der Waals surface area contributed by atoms with Gasteiger partial charge in [-0.05, 0) is 25.2 Å². The van der Waals surface area contributed by atoms with Gasteiger partial charge in [-0.3, -0.25) is 4.79 Å². The van der Waals surface area contributed by atoms with E-state index in [1.165, 1.54) is 58.3 Å². The molecular weight excluding hydrogens is 224 g/mol. The van der Waals surface area contributed by atoms with Gasteiger partial charge in [0.15, 0.2) is 0 Å². The Morgan fingerprint density at radius 3 is 2.17 bits per heavy atom. The maximum atomic E-state index is 10.5. The maximum absolute atomic E-state index is 10.5. The van der Waals surface area contributed by atoms with E-state index < -0.39 is 0 Å². The lowest BCUT2D eigenvalue weighted by Gasteiger charge is -2.08. The second kappa shape index (κ2) is 12.7. The first kappa shape index (κ1) is 17.2. The molecule has 0 radical (unpaired) electrons. The molecule has 2 nitrogen and oxygen atoms in total. The Bertz CT molecular complexity index is 211. The minimum absolute atomic E-state index is 0.164. The number of allylic oxidation sites excluding steroid dienone is 1. The van der Waals surface area contributed by atoms with Gasteiger partial charge in [-0.15, -0.1) is 6.58 Å². The number of hydrogen-bond donors (Lipinski definition) is 0. The number of unbranched alkanes of at least 4 members (excludes halogenated alkanes) is 6. The van der Waals surface area contributed by atoms with E-state index in [0.717, 1.165) is 6.42 Å². The van der Waals surface area contributed by atoms with Crippen molar-refractivity contribution in [1.82, 2.24) is 0 Å². The third-order valence-electron chi connectivity index (χ3n) is 3.38. The van der Waals surface area contributed by atoms with Crippen LogP contribution >= 0.6 is 0 Å². The van der Waals surface area contributed by atoms with Crippen LogP contribution in [0.2, 0.25) is 0 Å². The molecular formula is C16H30O2. The van der Waals surface area contributed by atoms with Gasteiger partial charge in [0.1, 0.15) is 0 Å². The minimum atomic E-state index is -0.164. The molecule has 106 valence electrons. The fourth-order valence-electron chi connectivity index (χ4n) is 2.10. The van der Waals surface area contributed by atoms with Gasteiger partial charge in [-0.2, -0.15) is 0 Å². The molecule has 0 rings (SSSR count). The highest BCUT2D eigenvalue weighted by atomic mass is 16.5. The van der Waals surface area contributed by atoms with Crippen LogP contribution < -0.4 is 0 Å². The van der Waals surface area contributed by atoms with Gasteiger partial charge in [0, 0.05) is 6.92 Å². The highest BCUT2D eigenvalue weighted by molar-refractivity contribution is 5.65. The first-order chi connectivity index (χ1) is 8.70. The zero-order chi connectivity index (χ0) is 13.6. The standard InChI is InChI=1S/C16H30O2/c1-4-16(5-2)13-11-9-7-6-8-10-12-14-18-15(3)17/h4,16H,1,5-14H2,2-3H3. The third kappa shape index (κ3) is 11.7. The monoisotopic (exact) mass is 254 g/mol. The molecule has 1 unspecified atom stereocenters. The van der Waals surface area contributed by atoms with Gasteiger partial charge in [0.25, 0.3) is 0 Å². The first-order valence-electron chi connectivity index (χ1n) is 7.46. The summed E-state index contributed by atoms with van der Waals surface area (Å²) < 4.78 is 4.89. The molecule has 18 heavy (non-hydrogen) atoms. The summed E-state index contributed by atoms with van der Waals surface area (Å²) in [6.45, 7) is 8.15. The molecule has 0 saturated carbocycles. The van der Waals surface area contributed by atoms with Crippen LogP contribution in [0.15, 0.2) is 12.7 Å². The van der Waals surface area contributed by atoms with Crippen LogP contribution in [0.5, 0.6) is 0 Å². The Morgan fingerprint density at radius 2 is 1.67 bits per heavy atom. The van der Waals surface area contributed by atoms with Gasteiger partial charge in [0.05, 0.1) is 6.61 Å². The highest BCUT2D eigenvalue weighted by Gasteiger charge is 2.00. The summed E-state index contributed by atoms with van der Waals surface area (Å²) in [6, 6.07) is 0. The number of hydrogen-bond acceptors (Lipinski definition) is 2. The molecule has 1 atom stereocenters. The molecule has 2 heteroatoms. The van der Waals surface area contributed by atoms with E-state index in [1.54, 1.807) is 0 Å². The lowest BCUT2D eigenvalue weighted by Crippen LogP contribution is -2.00. The minimum Gasteiger partial charge on any atom is -0.466 e. The highest BCUT2D eigenvalue weighted by Crippen LogP contribution is 2.15.